The molecule has 4 aromatic rings. The van der Waals surface area contributed by atoms with Crippen LogP contribution in [0.4, 0.5) is 0 Å². The number of carbonyl (C=O) groups excluding carboxylic acids is 1. The fourth-order valence-electron chi connectivity index (χ4n) is 2.97. The molecule has 0 spiro atoms. The summed E-state index contributed by atoms with van der Waals surface area (Å²) in [4.78, 5) is 24.3. The Hall–Kier alpha value is -3.67. The van der Waals surface area contributed by atoms with Crippen molar-refractivity contribution in [1.29, 1.82) is 0 Å². The van der Waals surface area contributed by atoms with E-state index in [9.17, 15) is 4.79 Å². The molecule has 1 aromatic carbocycles. The summed E-state index contributed by atoms with van der Waals surface area (Å²) in [5, 5.41) is 3.91. The number of fused-ring (bicyclic) bond motifs is 1. The summed E-state index contributed by atoms with van der Waals surface area (Å²) in [5.74, 6) is 0.568. The Morgan fingerprint density at radius 1 is 1.15 bits per heavy atom. The van der Waals surface area contributed by atoms with Gasteiger partial charge in [-0.3, -0.25) is 14.8 Å². The van der Waals surface area contributed by atoms with E-state index in [1.54, 1.807) is 25.7 Å². The SMILES string of the molecule is COc1ccc2cc(C(=O)NCc3cccnc3-c3cccnc3)[nH]c2c1. The van der Waals surface area contributed by atoms with Crippen LogP contribution in [0.25, 0.3) is 22.2 Å². The second kappa shape index (κ2) is 7.29. The quantitative estimate of drug-likeness (QED) is 0.572. The highest BCUT2D eigenvalue weighted by molar-refractivity contribution is 5.98. The van der Waals surface area contributed by atoms with Crippen LogP contribution in [0.2, 0.25) is 0 Å². The minimum absolute atomic E-state index is 0.175. The summed E-state index contributed by atoms with van der Waals surface area (Å²) in [6.07, 6.45) is 5.22. The molecule has 0 aliphatic rings. The number of nitrogens with one attached hydrogen (secondary N) is 2. The average molecular weight is 358 g/mol. The van der Waals surface area contributed by atoms with Gasteiger partial charge in [-0.05, 0) is 42.0 Å². The lowest BCUT2D eigenvalue weighted by atomic mass is 10.1. The van der Waals surface area contributed by atoms with Crippen molar-refractivity contribution in [2.75, 3.05) is 7.11 Å². The fourth-order valence-corrected chi connectivity index (χ4v) is 2.97. The van der Waals surface area contributed by atoms with E-state index in [2.05, 4.69) is 20.3 Å². The van der Waals surface area contributed by atoms with Gasteiger partial charge in [-0.2, -0.15) is 0 Å². The van der Waals surface area contributed by atoms with Crippen LogP contribution in [0.15, 0.2) is 67.1 Å². The molecule has 0 radical (unpaired) electrons. The van der Waals surface area contributed by atoms with Gasteiger partial charge in [-0.1, -0.05) is 6.07 Å². The Labute approximate surface area is 156 Å². The number of pyridine rings is 2. The number of ether oxygens (including phenoxy) is 1. The molecule has 0 unspecified atom stereocenters. The monoisotopic (exact) mass is 358 g/mol. The molecular weight excluding hydrogens is 340 g/mol. The number of carbonyl (C=O) groups is 1. The molecule has 4 rings (SSSR count). The molecule has 1 amide bonds. The van der Waals surface area contributed by atoms with Crippen LogP contribution in [0.5, 0.6) is 5.75 Å². The Balaban J connectivity index is 1.53. The molecule has 6 heteroatoms. The van der Waals surface area contributed by atoms with Gasteiger partial charge in [-0.15, -0.1) is 0 Å². The summed E-state index contributed by atoms with van der Waals surface area (Å²) < 4.78 is 5.22. The minimum Gasteiger partial charge on any atom is -0.497 e. The average Bonchev–Trinajstić information content (AvgIpc) is 3.16. The zero-order valence-corrected chi connectivity index (χ0v) is 14.8. The van der Waals surface area contributed by atoms with E-state index < -0.39 is 0 Å². The molecule has 3 heterocycles. The van der Waals surface area contributed by atoms with Crippen LogP contribution in [0.3, 0.4) is 0 Å². The van der Waals surface area contributed by atoms with Crippen molar-refractivity contribution in [2.45, 2.75) is 6.54 Å². The molecular formula is C21H18N4O2. The summed E-state index contributed by atoms with van der Waals surface area (Å²) in [6.45, 7) is 0.371. The van der Waals surface area contributed by atoms with E-state index in [4.69, 9.17) is 4.74 Å². The second-order valence-corrected chi connectivity index (χ2v) is 6.07. The van der Waals surface area contributed by atoms with Crippen LogP contribution in [-0.2, 0) is 6.54 Å². The molecule has 6 nitrogen and oxygen atoms in total. The topological polar surface area (TPSA) is 79.9 Å². The lowest BCUT2D eigenvalue weighted by Gasteiger charge is -2.09. The van der Waals surface area contributed by atoms with E-state index in [-0.39, 0.29) is 5.91 Å². The number of aromatic nitrogens is 3. The Kier molecular flexibility index (Phi) is 4.53. The summed E-state index contributed by atoms with van der Waals surface area (Å²) in [7, 11) is 1.62. The molecule has 0 saturated heterocycles. The van der Waals surface area contributed by atoms with Crippen LogP contribution < -0.4 is 10.1 Å². The summed E-state index contributed by atoms with van der Waals surface area (Å²) in [6, 6.07) is 15.1. The highest BCUT2D eigenvalue weighted by Gasteiger charge is 2.12. The van der Waals surface area contributed by atoms with Crippen molar-refractivity contribution in [1.82, 2.24) is 20.3 Å². The van der Waals surface area contributed by atoms with Crippen molar-refractivity contribution in [3.05, 3.63) is 78.4 Å². The van der Waals surface area contributed by atoms with Crippen molar-refractivity contribution < 1.29 is 9.53 Å². The Morgan fingerprint density at radius 3 is 2.85 bits per heavy atom. The van der Waals surface area contributed by atoms with Crippen LogP contribution in [0, 0.1) is 0 Å². The number of rotatable bonds is 5. The first kappa shape index (κ1) is 16.8. The third-order valence-corrected chi connectivity index (χ3v) is 4.34. The van der Waals surface area contributed by atoms with Gasteiger partial charge in [0.25, 0.3) is 5.91 Å². The van der Waals surface area contributed by atoms with Crippen LogP contribution in [0.1, 0.15) is 16.1 Å². The highest BCUT2D eigenvalue weighted by atomic mass is 16.5. The van der Waals surface area contributed by atoms with Gasteiger partial charge in [0, 0.05) is 47.7 Å². The number of hydrogen-bond acceptors (Lipinski definition) is 4. The maximum absolute atomic E-state index is 12.6. The predicted molar refractivity (Wildman–Crippen MR) is 103 cm³/mol. The number of aromatic amines is 1. The Bertz CT molecular complexity index is 1090. The molecule has 27 heavy (non-hydrogen) atoms. The zero-order chi connectivity index (χ0) is 18.6. The maximum atomic E-state index is 12.6. The standard InChI is InChI=1S/C21H18N4O2/c1-27-17-7-6-14-10-19(25-18(14)11-17)21(26)24-13-16-5-3-9-23-20(16)15-4-2-8-22-12-15/h2-12,25H,13H2,1H3,(H,24,26). The predicted octanol–water partition coefficient (Wildman–Crippen LogP) is 3.56. The number of benzene rings is 1. The molecule has 0 atom stereocenters. The van der Waals surface area contributed by atoms with Gasteiger partial charge >= 0.3 is 0 Å². The first-order chi connectivity index (χ1) is 13.2. The number of amides is 1. The van der Waals surface area contributed by atoms with Gasteiger partial charge < -0.3 is 15.0 Å². The molecule has 0 saturated carbocycles. The van der Waals surface area contributed by atoms with E-state index in [0.717, 1.165) is 33.5 Å². The molecule has 0 aliphatic carbocycles. The molecule has 0 fully saturated rings. The Morgan fingerprint density at radius 2 is 2.04 bits per heavy atom. The van der Waals surface area contributed by atoms with Crippen LogP contribution in [-0.4, -0.2) is 28.0 Å². The van der Waals surface area contributed by atoms with Crippen molar-refractivity contribution >= 4 is 16.8 Å². The van der Waals surface area contributed by atoms with Crippen molar-refractivity contribution in [3.8, 4) is 17.0 Å². The molecule has 0 aliphatic heterocycles. The molecule has 2 N–H and O–H groups in total. The summed E-state index contributed by atoms with van der Waals surface area (Å²) in [5.41, 5.74) is 4.02. The van der Waals surface area contributed by atoms with E-state index in [1.165, 1.54) is 0 Å². The largest absolute Gasteiger partial charge is 0.497 e. The first-order valence-corrected chi connectivity index (χ1v) is 8.54. The first-order valence-electron chi connectivity index (χ1n) is 8.54. The second-order valence-electron chi connectivity index (χ2n) is 6.07. The lowest BCUT2D eigenvalue weighted by Crippen LogP contribution is -2.23. The van der Waals surface area contributed by atoms with Gasteiger partial charge in [0.1, 0.15) is 11.4 Å². The maximum Gasteiger partial charge on any atom is 0.267 e. The zero-order valence-electron chi connectivity index (χ0n) is 14.8. The number of H-pyrrole nitrogens is 1. The van der Waals surface area contributed by atoms with Crippen molar-refractivity contribution in [3.63, 3.8) is 0 Å². The van der Waals surface area contributed by atoms with Gasteiger partial charge in [-0.25, -0.2) is 0 Å². The van der Waals surface area contributed by atoms with E-state index in [0.29, 0.717) is 12.2 Å². The summed E-state index contributed by atoms with van der Waals surface area (Å²) >= 11 is 0. The third-order valence-electron chi connectivity index (χ3n) is 4.34. The van der Waals surface area contributed by atoms with E-state index >= 15 is 0 Å². The number of methoxy groups -OCH3 is 1. The normalized spacial score (nSPS) is 10.7. The molecule has 0 bridgehead atoms. The number of nitrogens with zero attached hydrogens (tertiary/aromatic N) is 2. The van der Waals surface area contributed by atoms with Gasteiger partial charge in [0.2, 0.25) is 0 Å². The van der Waals surface area contributed by atoms with Gasteiger partial charge in [0.05, 0.1) is 12.8 Å². The van der Waals surface area contributed by atoms with Gasteiger partial charge in [0.15, 0.2) is 0 Å². The molecule has 3 aromatic heterocycles. The third kappa shape index (κ3) is 3.50. The molecule has 134 valence electrons. The van der Waals surface area contributed by atoms with Crippen LogP contribution >= 0.6 is 0 Å². The smallest absolute Gasteiger partial charge is 0.267 e. The fraction of sp³-hybridized carbons (Fsp3) is 0.0952. The lowest BCUT2D eigenvalue weighted by molar-refractivity contribution is 0.0947. The van der Waals surface area contributed by atoms with E-state index in [1.807, 2.05) is 48.5 Å². The number of hydrogen-bond donors (Lipinski definition) is 2. The van der Waals surface area contributed by atoms with Crippen molar-refractivity contribution in [2.24, 2.45) is 0 Å². The minimum atomic E-state index is -0.175. The highest BCUT2D eigenvalue weighted by Crippen LogP contribution is 2.22.